The van der Waals surface area contributed by atoms with Crippen molar-refractivity contribution < 1.29 is 23.8 Å². The predicted molar refractivity (Wildman–Crippen MR) is 56.3 cm³/mol. The fraction of sp³-hybridized carbons (Fsp3) is 0.364. The molecule has 0 saturated heterocycles. The van der Waals surface area contributed by atoms with Crippen molar-refractivity contribution >= 4 is 5.97 Å². The number of carbonyl (C=O) groups is 1. The molecule has 1 atom stereocenters. The highest BCUT2D eigenvalue weighted by atomic mass is 19.1. The molecular formula is C11H13F2NO3. The van der Waals surface area contributed by atoms with Gasteiger partial charge in [0.1, 0.15) is 11.6 Å². The van der Waals surface area contributed by atoms with Crippen molar-refractivity contribution in [1.29, 1.82) is 0 Å². The maximum absolute atomic E-state index is 13.2. The van der Waals surface area contributed by atoms with Crippen molar-refractivity contribution in [1.82, 2.24) is 5.32 Å². The van der Waals surface area contributed by atoms with Crippen LogP contribution in [0.3, 0.4) is 0 Å². The first-order valence-electron chi connectivity index (χ1n) is 4.93. The molecule has 0 bridgehead atoms. The van der Waals surface area contributed by atoms with Gasteiger partial charge in [0.25, 0.3) is 0 Å². The van der Waals surface area contributed by atoms with Crippen LogP contribution in [-0.4, -0.2) is 28.3 Å². The van der Waals surface area contributed by atoms with Crippen molar-refractivity contribution in [3.63, 3.8) is 0 Å². The number of halogens is 2. The zero-order valence-corrected chi connectivity index (χ0v) is 9.20. The summed E-state index contributed by atoms with van der Waals surface area (Å²) in [5.74, 6) is -2.76. The Morgan fingerprint density at radius 2 is 2.12 bits per heavy atom. The van der Waals surface area contributed by atoms with Gasteiger partial charge in [0, 0.05) is 24.7 Å². The van der Waals surface area contributed by atoms with E-state index in [4.69, 9.17) is 5.11 Å². The summed E-state index contributed by atoms with van der Waals surface area (Å²) in [5, 5.41) is 20.6. The second-order valence-corrected chi connectivity index (χ2v) is 3.92. The van der Waals surface area contributed by atoms with Crippen LogP contribution in [0, 0.1) is 11.6 Å². The van der Waals surface area contributed by atoms with Crippen LogP contribution in [0.25, 0.3) is 0 Å². The Hall–Kier alpha value is -1.53. The second kappa shape index (κ2) is 5.20. The molecule has 0 aliphatic carbocycles. The van der Waals surface area contributed by atoms with Crippen molar-refractivity contribution in [2.24, 2.45) is 0 Å². The summed E-state index contributed by atoms with van der Waals surface area (Å²) >= 11 is 0. The van der Waals surface area contributed by atoms with Gasteiger partial charge in [-0.3, -0.25) is 0 Å². The fourth-order valence-corrected chi connectivity index (χ4v) is 1.18. The Bertz CT molecular complexity index is 421. The highest BCUT2D eigenvalue weighted by Gasteiger charge is 2.29. The topological polar surface area (TPSA) is 69.6 Å². The van der Waals surface area contributed by atoms with E-state index in [-0.39, 0.29) is 18.7 Å². The van der Waals surface area contributed by atoms with Crippen LogP contribution < -0.4 is 5.32 Å². The molecule has 4 nitrogen and oxygen atoms in total. The number of benzene rings is 1. The van der Waals surface area contributed by atoms with Gasteiger partial charge in [-0.05, 0) is 13.0 Å². The maximum Gasteiger partial charge on any atom is 0.336 e. The first-order valence-corrected chi connectivity index (χ1v) is 4.93. The van der Waals surface area contributed by atoms with Gasteiger partial charge < -0.3 is 15.5 Å². The summed E-state index contributed by atoms with van der Waals surface area (Å²) in [5.41, 5.74) is -1.72. The quantitative estimate of drug-likeness (QED) is 0.720. The van der Waals surface area contributed by atoms with Gasteiger partial charge in [0.2, 0.25) is 0 Å². The molecule has 6 heteroatoms. The first-order chi connectivity index (χ1) is 7.83. The minimum absolute atomic E-state index is 0.00947. The lowest BCUT2D eigenvalue weighted by Crippen LogP contribution is -2.44. The molecule has 0 aromatic heterocycles. The number of aliphatic hydroxyl groups is 1. The molecule has 17 heavy (non-hydrogen) atoms. The van der Waals surface area contributed by atoms with Gasteiger partial charge in [-0.15, -0.1) is 0 Å². The lowest BCUT2D eigenvalue weighted by atomic mass is 10.1. The molecule has 0 saturated carbocycles. The molecule has 0 heterocycles. The van der Waals surface area contributed by atoms with E-state index in [1.807, 2.05) is 0 Å². The Labute approximate surface area is 96.9 Å². The van der Waals surface area contributed by atoms with Crippen LogP contribution in [0.4, 0.5) is 8.78 Å². The average Bonchev–Trinajstić information content (AvgIpc) is 2.21. The van der Waals surface area contributed by atoms with Gasteiger partial charge >= 0.3 is 5.97 Å². The van der Waals surface area contributed by atoms with Crippen molar-refractivity contribution in [2.75, 3.05) is 6.54 Å². The van der Waals surface area contributed by atoms with Crippen LogP contribution >= 0.6 is 0 Å². The number of rotatable bonds is 5. The van der Waals surface area contributed by atoms with E-state index in [1.165, 1.54) is 6.07 Å². The van der Waals surface area contributed by atoms with Gasteiger partial charge in [-0.25, -0.2) is 13.6 Å². The van der Waals surface area contributed by atoms with Gasteiger partial charge in [0.05, 0.1) is 0 Å². The van der Waals surface area contributed by atoms with Crippen LogP contribution in [0.5, 0.6) is 0 Å². The third-order valence-electron chi connectivity index (χ3n) is 2.26. The molecule has 0 aliphatic heterocycles. The number of aliphatic carboxylic acids is 1. The Morgan fingerprint density at radius 3 is 2.65 bits per heavy atom. The summed E-state index contributed by atoms with van der Waals surface area (Å²) in [6.45, 7) is 0.901. The third-order valence-corrected chi connectivity index (χ3v) is 2.26. The normalized spacial score (nSPS) is 14.4. The molecule has 1 aromatic carbocycles. The van der Waals surface area contributed by atoms with E-state index in [9.17, 15) is 18.7 Å². The Kier molecular flexibility index (Phi) is 4.14. The van der Waals surface area contributed by atoms with Crippen molar-refractivity contribution in [3.05, 3.63) is 35.4 Å². The van der Waals surface area contributed by atoms with E-state index >= 15 is 0 Å². The standard InChI is InChI=1S/C11H13F2NO3/c1-11(17,10(15)16)6-14-5-7-2-3-8(12)4-9(7)13/h2-4,14,17H,5-6H2,1H3,(H,15,16). The molecule has 0 amide bonds. The molecule has 3 N–H and O–H groups in total. The van der Waals surface area contributed by atoms with Crippen LogP contribution in [0.2, 0.25) is 0 Å². The van der Waals surface area contributed by atoms with Crippen molar-refractivity contribution in [3.8, 4) is 0 Å². The monoisotopic (exact) mass is 245 g/mol. The number of nitrogens with one attached hydrogen (secondary N) is 1. The molecule has 0 fully saturated rings. The van der Waals surface area contributed by atoms with Crippen LogP contribution in [-0.2, 0) is 11.3 Å². The highest BCUT2D eigenvalue weighted by molar-refractivity contribution is 5.76. The molecule has 1 unspecified atom stereocenters. The Balaban J connectivity index is 2.54. The first kappa shape index (κ1) is 13.5. The Morgan fingerprint density at radius 1 is 1.47 bits per heavy atom. The molecule has 1 aromatic rings. The summed E-state index contributed by atoms with van der Waals surface area (Å²) in [6, 6.07) is 3.11. The summed E-state index contributed by atoms with van der Waals surface area (Å²) in [6.07, 6.45) is 0. The molecule has 0 aliphatic rings. The minimum Gasteiger partial charge on any atom is -0.479 e. The zero-order chi connectivity index (χ0) is 13.1. The summed E-state index contributed by atoms with van der Waals surface area (Å²) in [7, 11) is 0. The number of hydrogen-bond donors (Lipinski definition) is 3. The van der Waals surface area contributed by atoms with E-state index in [2.05, 4.69) is 5.32 Å². The van der Waals surface area contributed by atoms with E-state index in [1.54, 1.807) is 0 Å². The maximum atomic E-state index is 13.2. The SMILES string of the molecule is CC(O)(CNCc1ccc(F)cc1F)C(=O)O. The molecule has 0 radical (unpaired) electrons. The lowest BCUT2D eigenvalue weighted by Gasteiger charge is -2.18. The summed E-state index contributed by atoms with van der Waals surface area (Å²) < 4.78 is 25.8. The van der Waals surface area contributed by atoms with Gasteiger partial charge in [0.15, 0.2) is 5.60 Å². The van der Waals surface area contributed by atoms with E-state index < -0.39 is 23.2 Å². The number of hydrogen-bond acceptors (Lipinski definition) is 3. The number of carboxylic acids is 1. The van der Waals surface area contributed by atoms with E-state index in [0.717, 1.165) is 19.1 Å². The minimum atomic E-state index is -1.92. The van der Waals surface area contributed by atoms with Crippen LogP contribution in [0.1, 0.15) is 12.5 Å². The smallest absolute Gasteiger partial charge is 0.336 e. The van der Waals surface area contributed by atoms with E-state index in [0.29, 0.717) is 0 Å². The fourth-order valence-electron chi connectivity index (χ4n) is 1.18. The molecule has 1 rings (SSSR count). The molecule has 0 spiro atoms. The van der Waals surface area contributed by atoms with Gasteiger partial charge in [-0.2, -0.15) is 0 Å². The average molecular weight is 245 g/mol. The predicted octanol–water partition coefficient (Wildman–Crippen LogP) is 0.890. The lowest BCUT2D eigenvalue weighted by molar-refractivity contribution is -0.156. The molecular weight excluding hydrogens is 232 g/mol. The summed E-state index contributed by atoms with van der Waals surface area (Å²) in [4.78, 5) is 10.6. The highest BCUT2D eigenvalue weighted by Crippen LogP contribution is 2.09. The third kappa shape index (κ3) is 3.76. The zero-order valence-electron chi connectivity index (χ0n) is 9.20. The molecule has 94 valence electrons. The number of carboxylic acid groups (broad SMARTS) is 1. The van der Waals surface area contributed by atoms with Crippen LogP contribution in [0.15, 0.2) is 18.2 Å². The largest absolute Gasteiger partial charge is 0.479 e. The van der Waals surface area contributed by atoms with Gasteiger partial charge in [-0.1, -0.05) is 6.07 Å². The van der Waals surface area contributed by atoms with Crippen molar-refractivity contribution in [2.45, 2.75) is 19.1 Å². The second-order valence-electron chi connectivity index (χ2n) is 3.92.